The molecule has 31 heavy (non-hydrogen) atoms. The molecule has 1 aromatic heterocycles. The van der Waals surface area contributed by atoms with Gasteiger partial charge in [0.05, 0.1) is 36.8 Å². The SMILES string of the molecule is CCOC(=O)c1nn(-c2ccccc2)c(SCC2(c3ccccc3)OCCO2)c1C=O. The van der Waals surface area contributed by atoms with Crippen LogP contribution in [0.5, 0.6) is 0 Å². The molecule has 1 aliphatic heterocycles. The molecule has 0 radical (unpaired) electrons. The Bertz CT molecular complexity index is 1050. The van der Waals surface area contributed by atoms with Gasteiger partial charge in [0.1, 0.15) is 5.03 Å². The number of thioether (sulfide) groups is 1. The van der Waals surface area contributed by atoms with Crippen molar-refractivity contribution in [1.29, 1.82) is 0 Å². The quantitative estimate of drug-likeness (QED) is 0.300. The van der Waals surface area contributed by atoms with Crippen LogP contribution < -0.4 is 0 Å². The fourth-order valence-corrected chi connectivity index (χ4v) is 4.63. The number of aldehydes is 1. The fourth-order valence-electron chi connectivity index (χ4n) is 3.40. The summed E-state index contributed by atoms with van der Waals surface area (Å²) in [5.41, 5.74) is 1.80. The van der Waals surface area contributed by atoms with Crippen molar-refractivity contribution >= 4 is 24.0 Å². The Morgan fingerprint density at radius 1 is 1.13 bits per heavy atom. The van der Waals surface area contributed by atoms with Crippen LogP contribution in [0.15, 0.2) is 65.7 Å². The lowest BCUT2D eigenvalue weighted by Gasteiger charge is -2.27. The van der Waals surface area contributed by atoms with Crippen molar-refractivity contribution in [2.75, 3.05) is 25.6 Å². The van der Waals surface area contributed by atoms with E-state index in [0.29, 0.717) is 30.3 Å². The minimum atomic E-state index is -0.943. The zero-order valence-electron chi connectivity index (χ0n) is 17.0. The van der Waals surface area contributed by atoms with Crippen LogP contribution in [-0.4, -0.2) is 47.6 Å². The van der Waals surface area contributed by atoms with Gasteiger partial charge in [-0.1, -0.05) is 60.3 Å². The number of ether oxygens (including phenoxy) is 3. The molecule has 2 aromatic carbocycles. The molecule has 0 N–H and O–H groups in total. The number of hydrogen-bond donors (Lipinski definition) is 0. The lowest BCUT2D eigenvalue weighted by atomic mass is 10.1. The molecule has 1 fully saturated rings. The van der Waals surface area contributed by atoms with Gasteiger partial charge in [-0.15, -0.1) is 0 Å². The van der Waals surface area contributed by atoms with Crippen molar-refractivity contribution < 1.29 is 23.8 Å². The highest BCUT2D eigenvalue weighted by Gasteiger charge is 2.39. The summed E-state index contributed by atoms with van der Waals surface area (Å²) in [7, 11) is 0. The van der Waals surface area contributed by atoms with Gasteiger partial charge in [-0.2, -0.15) is 5.10 Å². The molecule has 1 aliphatic rings. The van der Waals surface area contributed by atoms with Crippen LogP contribution >= 0.6 is 11.8 Å². The second-order valence-corrected chi connectivity index (χ2v) is 7.72. The van der Waals surface area contributed by atoms with E-state index in [0.717, 1.165) is 11.3 Å². The summed E-state index contributed by atoms with van der Waals surface area (Å²) >= 11 is 1.35. The number of para-hydroxylation sites is 1. The summed E-state index contributed by atoms with van der Waals surface area (Å²) in [6.07, 6.45) is 0.645. The lowest BCUT2D eigenvalue weighted by molar-refractivity contribution is -0.145. The third kappa shape index (κ3) is 4.27. The van der Waals surface area contributed by atoms with Gasteiger partial charge < -0.3 is 14.2 Å². The topological polar surface area (TPSA) is 79.7 Å². The summed E-state index contributed by atoms with van der Waals surface area (Å²) in [5, 5.41) is 4.95. The van der Waals surface area contributed by atoms with Gasteiger partial charge in [-0.25, -0.2) is 9.48 Å². The van der Waals surface area contributed by atoms with E-state index < -0.39 is 11.8 Å². The van der Waals surface area contributed by atoms with Gasteiger partial charge >= 0.3 is 5.97 Å². The molecule has 0 saturated carbocycles. The number of carbonyl (C=O) groups is 2. The van der Waals surface area contributed by atoms with Gasteiger partial charge in [-0.3, -0.25) is 4.79 Å². The third-order valence-electron chi connectivity index (χ3n) is 4.83. The first-order valence-corrected chi connectivity index (χ1v) is 10.9. The number of esters is 1. The van der Waals surface area contributed by atoms with Crippen LogP contribution in [-0.2, 0) is 20.0 Å². The van der Waals surface area contributed by atoms with Crippen molar-refractivity contribution in [1.82, 2.24) is 9.78 Å². The van der Waals surface area contributed by atoms with E-state index >= 15 is 0 Å². The highest BCUT2D eigenvalue weighted by molar-refractivity contribution is 7.99. The van der Waals surface area contributed by atoms with Gasteiger partial charge in [-0.05, 0) is 19.1 Å². The summed E-state index contributed by atoms with van der Waals surface area (Å²) in [4.78, 5) is 24.5. The van der Waals surface area contributed by atoms with Gasteiger partial charge in [0, 0.05) is 5.56 Å². The highest BCUT2D eigenvalue weighted by Crippen LogP contribution is 2.39. The van der Waals surface area contributed by atoms with Crippen LogP contribution in [0.2, 0.25) is 0 Å². The van der Waals surface area contributed by atoms with Crippen LogP contribution in [0.1, 0.15) is 33.3 Å². The Morgan fingerprint density at radius 2 is 1.77 bits per heavy atom. The van der Waals surface area contributed by atoms with Crippen LogP contribution in [0.25, 0.3) is 5.69 Å². The molecule has 0 bridgehead atoms. The molecule has 2 heterocycles. The molecule has 0 spiro atoms. The van der Waals surface area contributed by atoms with Crippen molar-refractivity contribution in [2.45, 2.75) is 17.7 Å². The second kappa shape index (κ2) is 9.47. The molecule has 7 nitrogen and oxygen atoms in total. The number of benzene rings is 2. The summed E-state index contributed by atoms with van der Waals surface area (Å²) in [5.74, 6) is -1.20. The zero-order valence-corrected chi connectivity index (χ0v) is 17.8. The average molecular weight is 439 g/mol. The van der Waals surface area contributed by atoms with Crippen molar-refractivity contribution in [2.24, 2.45) is 0 Å². The third-order valence-corrected chi connectivity index (χ3v) is 6.02. The first-order valence-electron chi connectivity index (χ1n) is 9.95. The van der Waals surface area contributed by atoms with E-state index in [9.17, 15) is 9.59 Å². The maximum Gasteiger partial charge on any atom is 0.359 e. The van der Waals surface area contributed by atoms with Crippen LogP contribution in [0, 0.1) is 0 Å². The van der Waals surface area contributed by atoms with E-state index in [2.05, 4.69) is 5.10 Å². The molecule has 160 valence electrons. The van der Waals surface area contributed by atoms with Gasteiger partial charge in [0.15, 0.2) is 12.0 Å². The normalized spacial score (nSPS) is 15.0. The smallest absolute Gasteiger partial charge is 0.359 e. The Morgan fingerprint density at radius 3 is 2.39 bits per heavy atom. The molecule has 8 heteroatoms. The minimum absolute atomic E-state index is 0.00905. The van der Waals surface area contributed by atoms with E-state index in [4.69, 9.17) is 14.2 Å². The van der Waals surface area contributed by atoms with Crippen molar-refractivity contribution in [3.63, 3.8) is 0 Å². The van der Waals surface area contributed by atoms with E-state index in [-0.39, 0.29) is 17.9 Å². The fraction of sp³-hybridized carbons (Fsp3) is 0.261. The molecular formula is C23H22N2O5S. The van der Waals surface area contributed by atoms with Gasteiger partial charge in [0.25, 0.3) is 0 Å². The number of carbonyl (C=O) groups excluding carboxylic acids is 2. The monoisotopic (exact) mass is 438 g/mol. The first kappa shape index (κ1) is 21.3. The predicted octanol–water partition coefficient (Wildman–Crippen LogP) is 3.85. The highest BCUT2D eigenvalue weighted by atomic mass is 32.2. The number of rotatable bonds is 8. The van der Waals surface area contributed by atoms with E-state index in [1.165, 1.54) is 11.8 Å². The predicted molar refractivity (Wildman–Crippen MR) is 116 cm³/mol. The maximum absolute atomic E-state index is 12.5. The molecule has 0 unspecified atom stereocenters. The van der Waals surface area contributed by atoms with Crippen LogP contribution in [0.4, 0.5) is 0 Å². The van der Waals surface area contributed by atoms with Crippen molar-refractivity contribution in [3.05, 3.63) is 77.5 Å². The number of nitrogens with zero attached hydrogens (tertiary/aromatic N) is 2. The Hall–Kier alpha value is -2.94. The number of aromatic nitrogens is 2. The minimum Gasteiger partial charge on any atom is -0.461 e. The molecule has 0 atom stereocenters. The molecule has 1 saturated heterocycles. The molecule has 4 rings (SSSR count). The largest absolute Gasteiger partial charge is 0.461 e. The average Bonchev–Trinajstić information content (AvgIpc) is 3.44. The summed E-state index contributed by atoms with van der Waals surface area (Å²) in [6.45, 7) is 2.85. The molecule has 3 aromatic rings. The molecular weight excluding hydrogens is 416 g/mol. The summed E-state index contributed by atoms with van der Waals surface area (Å²) < 4.78 is 18.7. The Balaban J connectivity index is 1.74. The molecule has 0 aliphatic carbocycles. The van der Waals surface area contributed by atoms with Gasteiger partial charge in [0.2, 0.25) is 5.79 Å². The molecule has 0 amide bonds. The maximum atomic E-state index is 12.5. The summed E-state index contributed by atoms with van der Waals surface area (Å²) in [6, 6.07) is 19.0. The zero-order chi connectivity index (χ0) is 21.7. The standard InChI is InChI=1S/C23H22N2O5S/c1-2-28-22(27)20-19(15-26)21(25(24-20)18-11-7-4-8-12-18)31-16-23(29-13-14-30-23)17-9-5-3-6-10-17/h3-12,15H,2,13-14,16H2,1H3. The Labute approximate surface area is 184 Å². The number of hydrogen-bond acceptors (Lipinski definition) is 7. The Kier molecular flexibility index (Phi) is 6.50. The second-order valence-electron chi connectivity index (χ2n) is 6.76. The van der Waals surface area contributed by atoms with Crippen LogP contribution in [0.3, 0.4) is 0 Å². The lowest BCUT2D eigenvalue weighted by Crippen LogP contribution is -2.30. The first-order chi connectivity index (χ1) is 15.2. The van der Waals surface area contributed by atoms with E-state index in [1.807, 2.05) is 60.7 Å². The van der Waals surface area contributed by atoms with Crippen molar-refractivity contribution in [3.8, 4) is 5.69 Å². The van der Waals surface area contributed by atoms with E-state index in [1.54, 1.807) is 11.6 Å².